The summed E-state index contributed by atoms with van der Waals surface area (Å²) in [6.45, 7) is 3.82. The predicted octanol–water partition coefficient (Wildman–Crippen LogP) is 1.77. The number of hydrogen-bond acceptors (Lipinski definition) is 6. The number of rotatable bonds is 2. The first kappa shape index (κ1) is 23.2. The highest BCUT2D eigenvalue weighted by molar-refractivity contribution is 5.79. The fourth-order valence-electron chi connectivity index (χ4n) is 4.17. The molecule has 3 atom stereocenters. The molecule has 1 aromatic rings. The number of halogens is 4. The van der Waals surface area contributed by atoms with Gasteiger partial charge in [-0.3, -0.25) is 4.79 Å². The zero-order chi connectivity index (χ0) is 22.6. The Morgan fingerprint density at radius 2 is 1.71 bits per heavy atom. The van der Waals surface area contributed by atoms with Gasteiger partial charge >= 0.3 is 12.1 Å². The van der Waals surface area contributed by atoms with E-state index in [4.69, 9.17) is 14.6 Å². The number of fused-ring (bicyclic) bond motifs is 1. The summed E-state index contributed by atoms with van der Waals surface area (Å²) in [7, 11) is 0. The van der Waals surface area contributed by atoms with Crippen LogP contribution in [0.15, 0.2) is 18.5 Å². The van der Waals surface area contributed by atoms with Gasteiger partial charge in [0.2, 0.25) is 11.9 Å². The Kier molecular flexibility index (Phi) is 7.29. The Morgan fingerprint density at radius 3 is 2.29 bits per heavy atom. The first-order valence-electron chi connectivity index (χ1n) is 9.99. The van der Waals surface area contributed by atoms with Gasteiger partial charge in [-0.25, -0.2) is 19.2 Å². The van der Waals surface area contributed by atoms with Crippen molar-refractivity contribution in [2.45, 2.75) is 25.2 Å². The second-order valence-electron chi connectivity index (χ2n) is 7.82. The second-order valence-corrected chi connectivity index (χ2v) is 7.82. The smallest absolute Gasteiger partial charge is 0.475 e. The Balaban J connectivity index is 0.000000339. The lowest BCUT2D eigenvalue weighted by Crippen LogP contribution is -2.49. The molecule has 3 aliphatic heterocycles. The van der Waals surface area contributed by atoms with Gasteiger partial charge in [0.05, 0.1) is 19.1 Å². The molecule has 4 rings (SSSR count). The summed E-state index contributed by atoms with van der Waals surface area (Å²) in [4.78, 5) is 34.4. The number of carboxylic acid groups (broad SMARTS) is 1. The van der Waals surface area contributed by atoms with Crippen LogP contribution in [0.2, 0.25) is 0 Å². The van der Waals surface area contributed by atoms with Crippen LogP contribution in [0.25, 0.3) is 0 Å². The molecule has 12 heteroatoms. The number of ether oxygens (including phenoxy) is 1. The van der Waals surface area contributed by atoms with E-state index in [1.54, 1.807) is 18.5 Å². The van der Waals surface area contributed by atoms with Crippen molar-refractivity contribution in [1.82, 2.24) is 14.9 Å². The Morgan fingerprint density at radius 1 is 1.10 bits per heavy atom. The minimum atomic E-state index is -5.08. The molecule has 3 saturated heterocycles. The third kappa shape index (κ3) is 5.81. The van der Waals surface area contributed by atoms with Crippen molar-refractivity contribution in [3.05, 3.63) is 18.5 Å². The van der Waals surface area contributed by atoms with E-state index in [2.05, 4.69) is 14.9 Å². The Hall–Kier alpha value is -2.50. The fourth-order valence-corrected chi connectivity index (χ4v) is 4.17. The quantitative estimate of drug-likeness (QED) is 0.689. The van der Waals surface area contributed by atoms with Crippen LogP contribution in [0.1, 0.15) is 12.8 Å². The molecule has 0 aliphatic carbocycles. The topological polar surface area (TPSA) is 95.9 Å². The van der Waals surface area contributed by atoms with Gasteiger partial charge in [0.15, 0.2) is 0 Å². The molecule has 0 bridgehead atoms. The second kappa shape index (κ2) is 9.75. The molecule has 1 aromatic heterocycles. The van der Waals surface area contributed by atoms with E-state index < -0.39 is 18.3 Å². The van der Waals surface area contributed by atoms with Crippen LogP contribution >= 0.6 is 0 Å². The number of alkyl halides is 4. The molecule has 1 amide bonds. The number of carbonyl (C=O) groups is 2. The van der Waals surface area contributed by atoms with Gasteiger partial charge in [-0.05, 0) is 24.8 Å². The summed E-state index contributed by atoms with van der Waals surface area (Å²) in [6, 6.07) is 1.80. The number of piperidine rings is 1. The summed E-state index contributed by atoms with van der Waals surface area (Å²) in [5.41, 5.74) is 0. The van der Waals surface area contributed by atoms with Gasteiger partial charge in [0.25, 0.3) is 0 Å². The molecule has 8 nitrogen and oxygen atoms in total. The average Bonchev–Trinajstić information content (AvgIpc) is 3.19. The molecule has 172 valence electrons. The third-order valence-corrected chi connectivity index (χ3v) is 5.77. The number of carbonyl (C=O) groups excluding carboxylic acids is 1. The lowest BCUT2D eigenvalue weighted by molar-refractivity contribution is -0.192. The summed E-state index contributed by atoms with van der Waals surface area (Å²) < 4.78 is 50.8. The number of hydrogen-bond donors (Lipinski definition) is 1. The maximum Gasteiger partial charge on any atom is 0.490 e. The number of aliphatic carboxylic acids is 1. The number of aromatic nitrogens is 2. The molecule has 0 spiro atoms. The Labute approximate surface area is 176 Å². The zero-order valence-electron chi connectivity index (χ0n) is 16.7. The maximum absolute atomic E-state index is 13.3. The lowest BCUT2D eigenvalue weighted by atomic mass is 9.81. The molecule has 3 fully saturated rings. The summed E-state index contributed by atoms with van der Waals surface area (Å²) in [5, 5.41) is 7.12. The van der Waals surface area contributed by atoms with E-state index in [-0.39, 0.29) is 17.7 Å². The maximum atomic E-state index is 13.3. The van der Waals surface area contributed by atoms with Crippen LogP contribution in [0.5, 0.6) is 0 Å². The average molecular weight is 448 g/mol. The molecule has 4 heterocycles. The van der Waals surface area contributed by atoms with E-state index in [0.29, 0.717) is 45.1 Å². The summed E-state index contributed by atoms with van der Waals surface area (Å²) >= 11 is 0. The van der Waals surface area contributed by atoms with Gasteiger partial charge in [0, 0.05) is 44.5 Å². The van der Waals surface area contributed by atoms with Crippen molar-refractivity contribution < 1.29 is 37.0 Å². The van der Waals surface area contributed by atoms with Crippen LogP contribution in [-0.2, 0) is 14.3 Å². The van der Waals surface area contributed by atoms with Gasteiger partial charge < -0.3 is 19.6 Å². The van der Waals surface area contributed by atoms with Gasteiger partial charge in [0.1, 0.15) is 6.17 Å². The van der Waals surface area contributed by atoms with Crippen molar-refractivity contribution in [1.29, 1.82) is 0 Å². The number of amides is 1. The first-order chi connectivity index (χ1) is 14.7. The number of nitrogens with zero attached hydrogens (tertiary/aromatic N) is 4. The van der Waals surface area contributed by atoms with Crippen LogP contribution in [0, 0.1) is 17.8 Å². The minimum Gasteiger partial charge on any atom is -0.475 e. The molecular formula is C19H24F4N4O4. The molecular weight excluding hydrogens is 424 g/mol. The van der Waals surface area contributed by atoms with E-state index in [0.717, 1.165) is 19.0 Å². The molecule has 31 heavy (non-hydrogen) atoms. The van der Waals surface area contributed by atoms with Crippen LogP contribution < -0.4 is 4.90 Å². The van der Waals surface area contributed by atoms with Crippen molar-refractivity contribution in [3.63, 3.8) is 0 Å². The van der Waals surface area contributed by atoms with Gasteiger partial charge in [-0.2, -0.15) is 13.2 Å². The van der Waals surface area contributed by atoms with Crippen LogP contribution in [-0.4, -0.2) is 83.6 Å². The van der Waals surface area contributed by atoms with Crippen molar-refractivity contribution in [3.8, 4) is 0 Å². The highest BCUT2D eigenvalue weighted by Crippen LogP contribution is 2.36. The molecule has 0 aromatic carbocycles. The summed E-state index contributed by atoms with van der Waals surface area (Å²) in [6.07, 6.45) is -1.45. The van der Waals surface area contributed by atoms with Gasteiger partial charge in [-0.15, -0.1) is 0 Å². The molecule has 0 saturated carbocycles. The number of likely N-dealkylation sites (tertiary alicyclic amines) is 1. The van der Waals surface area contributed by atoms with E-state index in [9.17, 15) is 22.4 Å². The van der Waals surface area contributed by atoms with Gasteiger partial charge in [-0.1, -0.05) is 0 Å². The standard InChI is InChI=1S/C17H23FN4O2.C2HF3O2/c18-13-2-6-21(7-3-13)16(23)15-11-24-10-12-8-22(9-14(12)15)17-19-4-1-5-20-17;3-2(4,5)1(6)7/h1,4-5,12-15H,2-3,6-11H2;(H,6,7)/t12-,14-,15-;/m1./s1. The highest BCUT2D eigenvalue weighted by atomic mass is 19.4. The van der Waals surface area contributed by atoms with Crippen molar-refractivity contribution in [2.75, 3.05) is 44.3 Å². The van der Waals surface area contributed by atoms with E-state index in [1.807, 2.05) is 4.90 Å². The normalized spacial score (nSPS) is 26.6. The van der Waals surface area contributed by atoms with E-state index >= 15 is 0 Å². The highest BCUT2D eigenvalue weighted by Gasteiger charge is 2.46. The lowest BCUT2D eigenvalue weighted by Gasteiger charge is -2.37. The molecule has 1 N–H and O–H groups in total. The Bertz CT molecular complexity index is 759. The zero-order valence-corrected chi connectivity index (χ0v) is 16.7. The van der Waals surface area contributed by atoms with Crippen LogP contribution in [0.3, 0.4) is 0 Å². The predicted molar refractivity (Wildman–Crippen MR) is 99.9 cm³/mol. The number of carboxylic acids is 1. The van der Waals surface area contributed by atoms with E-state index in [1.165, 1.54) is 0 Å². The monoisotopic (exact) mass is 448 g/mol. The molecule has 0 radical (unpaired) electrons. The minimum absolute atomic E-state index is 0.131. The molecule has 3 aliphatic rings. The fraction of sp³-hybridized carbons (Fsp3) is 0.684. The summed E-state index contributed by atoms with van der Waals surface area (Å²) in [5.74, 6) is -1.45. The van der Waals surface area contributed by atoms with Crippen LogP contribution in [0.4, 0.5) is 23.5 Å². The first-order valence-corrected chi connectivity index (χ1v) is 9.99. The third-order valence-electron chi connectivity index (χ3n) is 5.77. The van der Waals surface area contributed by atoms with Crippen molar-refractivity contribution >= 4 is 17.8 Å². The van der Waals surface area contributed by atoms with Crippen molar-refractivity contribution in [2.24, 2.45) is 17.8 Å². The SMILES string of the molecule is O=C(O)C(F)(F)F.O=C([C@@H]1COC[C@H]2CN(c3ncccn3)C[C@H]21)N1CCC(F)CC1. The molecule has 0 unspecified atom stereocenters. The number of anilines is 1. The largest absolute Gasteiger partial charge is 0.490 e.